The fraction of sp³-hybridized carbons (Fsp3) is 0.263. The molecule has 1 saturated carbocycles. The number of hydrogen-bond acceptors (Lipinski definition) is 4. The van der Waals surface area contributed by atoms with Gasteiger partial charge in [-0.1, -0.05) is 12.1 Å². The molecule has 2 aromatic rings. The van der Waals surface area contributed by atoms with Gasteiger partial charge in [0, 0.05) is 23.7 Å². The number of anilines is 1. The molecule has 0 atom stereocenters. The van der Waals surface area contributed by atoms with Crippen molar-refractivity contribution in [1.82, 2.24) is 5.32 Å². The maximum Gasteiger partial charge on any atom is 0.251 e. The Hall–Kier alpha value is -2.71. The minimum atomic E-state index is -3.70. The molecule has 0 spiro atoms. The lowest BCUT2D eigenvalue weighted by Crippen LogP contribution is -2.25. The van der Waals surface area contributed by atoms with Crippen molar-refractivity contribution in [2.24, 2.45) is 11.1 Å². The third-order valence-corrected chi connectivity index (χ3v) is 5.24. The summed E-state index contributed by atoms with van der Waals surface area (Å²) in [5.74, 6) is -0.0520. The maximum atomic E-state index is 12.2. The number of benzene rings is 2. The summed E-state index contributed by atoms with van der Waals surface area (Å²) >= 11 is 0. The molecule has 7 nitrogen and oxygen atoms in total. The maximum absolute atomic E-state index is 12.2. The van der Waals surface area contributed by atoms with Crippen LogP contribution < -0.4 is 15.8 Å². The van der Waals surface area contributed by atoms with Crippen LogP contribution in [0.15, 0.2) is 53.4 Å². The largest absolute Gasteiger partial charge is 0.352 e. The number of amides is 2. The normalized spacial score (nSPS) is 13.8. The van der Waals surface area contributed by atoms with Crippen LogP contribution in [0, 0.1) is 5.92 Å². The molecule has 3 rings (SSSR count). The summed E-state index contributed by atoms with van der Waals surface area (Å²) in [7, 11) is -3.70. The Balaban J connectivity index is 1.48. The number of nitrogens with one attached hydrogen (secondary N) is 2. The van der Waals surface area contributed by atoms with Crippen LogP contribution >= 0.6 is 0 Å². The lowest BCUT2D eigenvalue weighted by molar-refractivity contribution is -0.117. The molecule has 0 radical (unpaired) electrons. The van der Waals surface area contributed by atoms with E-state index in [0.29, 0.717) is 24.2 Å². The Labute approximate surface area is 158 Å². The van der Waals surface area contributed by atoms with Crippen LogP contribution in [0.3, 0.4) is 0 Å². The van der Waals surface area contributed by atoms with Crippen molar-refractivity contribution in [3.8, 4) is 0 Å². The zero-order valence-electron chi connectivity index (χ0n) is 14.6. The minimum Gasteiger partial charge on any atom is -0.352 e. The first-order chi connectivity index (χ1) is 12.8. The third kappa shape index (κ3) is 5.38. The highest BCUT2D eigenvalue weighted by Crippen LogP contribution is 2.30. The van der Waals surface area contributed by atoms with Crippen LogP contribution in [0.25, 0.3) is 0 Å². The molecule has 0 unspecified atom stereocenters. The van der Waals surface area contributed by atoms with E-state index in [1.807, 2.05) is 0 Å². The molecule has 0 aliphatic heterocycles. The molecule has 27 heavy (non-hydrogen) atoms. The van der Waals surface area contributed by atoms with Crippen molar-refractivity contribution < 1.29 is 18.0 Å². The van der Waals surface area contributed by atoms with Gasteiger partial charge in [-0.05, 0) is 61.2 Å². The molecule has 0 saturated heterocycles. The van der Waals surface area contributed by atoms with E-state index in [1.165, 1.54) is 12.1 Å². The highest BCUT2D eigenvalue weighted by Gasteiger charge is 2.29. The zero-order chi connectivity index (χ0) is 19.4. The smallest absolute Gasteiger partial charge is 0.251 e. The molecule has 0 aromatic heterocycles. The van der Waals surface area contributed by atoms with Gasteiger partial charge < -0.3 is 10.6 Å². The number of sulfonamides is 1. The van der Waals surface area contributed by atoms with Gasteiger partial charge in [0.15, 0.2) is 0 Å². The lowest BCUT2D eigenvalue weighted by atomic mass is 10.1. The molecular weight excluding hydrogens is 366 g/mol. The van der Waals surface area contributed by atoms with Gasteiger partial charge in [-0.15, -0.1) is 0 Å². The lowest BCUT2D eigenvalue weighted by Gasteiger charge is -2.08. The van der Waals surface area contributed by atoms with E-state index < -0.39 is 10.0 Å². The predicted molar refractivity (Wildman–Crippen MR) is 102 cm³/mol. The number of nitrogens with two attached hydrogens (primary N) is 1. The van der Waals surface area contributed by atoms with Gasteiger partial charge in [0.2, 0.25) is 15.9 Å². The number of carbonyl (C=O) groups is 2. The molecule has 0 bridgehead atoms. The molecular formula is C19H21N3O4S. The van der Waals surface area contributed by atoms with Gasteiger partial charge in [0.1, 0.15) is 0 Å². The SMILES string of the molecule is NS(=O)(=O)c1ccc(CCNC(=O)c2ccc(NC(=O)C3CC3)cc2)cc1. The molecule has 1 aliphatic carbocycles. The quantitative estimate of drug-likeness (QED) is 0.669. The fourth-order valence-electron chi connectivity index (χ4n) is 2.56. The van der Waals surface area contributed by atoms with E-state index in [2.05, 4.69) is 10.6 Å². The molecule has 4 N–H and O–H groups in total. The molecule has 2 aromatic carbocycles. The van der Waals surface area contributed by atoms with Gasteiger partial charge in [0.05, 0.1) is 4.90 Å². The summed E-state index contributed by atoms with van der Waals surface area (Å²) in [6.45, 7) is 0.410. The van der Waals surface area contributed by atoms with Crippen molar-refractivity contribution in [2.75, 3.05) is 11.9 Å². The minimum absolute atomic E-state index is 0.0284. The zero-order valence-corrected chi connectivity index (χ0v) is 15.5. The second kappa shape index (κ2) is 7.89. The fourth-order valence-corrected chi connectivity index (χ4v) is 3.08. The van der Waals surface area contributed by atoms with Crippen molar-refractivity contribution in [3.05, 3.63) is 59.7 Å². The molecule has 2 amide bonds. The van der Waals surface area contributed by atoms with Crippen LogP contribution in [-0.2, 0) is 21.2 Å². The monoisotopic (exact) mass is 387 g/mol. The van der Waals surface area contributed by atoms with E-state index in [4.69, 9.17) is 5.14 Å². The molecule has 142 valence electrons. The topological polar surface area (TPSA) is 118 Å². The van der Waals surface area contributed by atoms with E-state index in [9.17, 15) is 18.0 Å². The summed E-state index contributed by atoms with van der Waals surface area (Å²) in [5, 5.41) is 10.7. The first-order valence-corrected chi connectivity index (χ1v) is 10.2. The van der Waals surface area contributed by atoms with Crippen molar-refractivity contribution in [3.63, 3.8) is 0 Å². The Bertz CT molecular complexity index is 934. The Morgan fingerprint density at radius 1 is 1.00 bits per heavy atom. The number of hydrogen-bond donors (Lipinski definition) is 3. The average molecular weight is 387 g/mol. The second-order valence-corrected chi connectivity index (χ2v) is 8.10. The number of carbonyl (C=O) groups excluding carboxylic acids is 2. The third-order valence-electron chi connectivity index (χ3n) is 4.31. The van der Waals surface area contributed by atoms with Crippen molar-refractivity contribution in [2.45, 2.75) is 24.2 Å². The van der Waals surface area contributed by atoms with Crippen LogP contribution in [0.5, 0.6) is 0 Å². The van der Waals surface area contributed by atoms with E-state index >= 15 is 0 Å². The Kier molecular flexibility index (Phi) is 5.57. The summed E-state index contributed by atoms with van der Waals surface area (Å²) in [6.07, 6.45) is 2.44. The summed E-state index contributed by atoms with van der Waals surface area (Å²) in [5.41, 5.74) is 2.07. The van der Waals surface area contributed by atoms with Crippen molar-refractivity contribution >= 4 is 27.5 Å². The van der Waals surface area contributed by atoms with Crippen LogP contribution in [0.4, 0.5) is 5.69 Å². The van der Waals surface area contributed by atoms with Gasteiger partial charge in [-0.3, -0.25) is 9.59 Å². The van der Waals surface area contributed by atoms with Crippen LogP contribution in [0.2, 0.25) is 0 Å². The van der Waals surface area contributed by atoms with Crippen LogP contribution in [0.1, 0.15) is 28.8 Å². The molecule has 1 fully saturated rings. The van der Waals surface area contributed by atoms with E-state index in [1.54, 1.807) is 36.4 Å². The Morgan fingerprint density at radius 2 is 1.63 bits per heavy atom. The van der Waals surface area contributed by atoms with E-state index in [0.717, 1.165) is 18.4 Å². The van der Waals surface area contributed by atoms with Gasteiger partial charge in [0.25, 0.3) is 5.91 Å². The predicted octanol–water partition coefficient (Wildman–Crippen LogP) is 1.65. The second-order valence-electron chi connectivity index (χ2n) is 6.54. The molecule has 8 heteroatoms. The van der Waals surface area contributed by atoms with Gasteiger partial charge >= 0.3 is 0 Å². The Morgan fingerprint density at radius 3 is 2.19 bits per heavy atom. The first-order valence-electron chi connectivity index (χ1n) is 8.64. The molecule has 0 heterocycles. The highest BCUT2D eigenvalue weighted by molar-refractivity contribution is 7.89. The highest BCUT2D eigenvalue weighted by atomic mass is 32.2. The summed E-state index contributed by atoms with van der Waals surface area (Å²) in [4.78, 5) is 24.0. The summed E-state index contributed by atoms with van der Waals surface area (Å²) < 4.78 is 22.4. The van der Waals surface area contributed by atoms with Gasteiger partial charge in [-0.2, -0.15) is 0 Å². The van der Waals surface area contributed by atoms with E-state index in [-0.39, 0.29) is 22.6 Å². The first kappa shape index (κ1) is 19.1. The van der Waals surface area contributed by atoms with Crippen molar-refractivity contribution in [1.29, 1.82) is 0 Å². The average Bonchev–Trinajstić information content (AvgIpc) is 3.47. The standard InChI is InChI=1S/C19H21N3O4S/c20-27(25,26)17-9-1-13(2-10-17)11-12-21-18(23)14-5-7-16(8-6-14)22-19(24)15-3-4-15/h1-2,5-10,15H,3-4,11-12H2,(H,21,23)(H,22,24)(H2,20,25,26). The number of primary sulfonamides is 1. The molecule has 1 aliphatic rings. The van der Waals surface area contributed by atoms with Crippen LogP contribution in [-0.4, -0.2) is 26.8 Å². The van der Waals surface area contributed by atoms with Gasteiger partial charge in [-0.25, -0.2) is 13.6 Å². The summed E-state index contributed by atoms with van der Waals surface area (Å²) in [6, 6.07) is 13.0. The number of rotatable bonds is 7.